The van der Waals surface area contributed by atoms with E-state index in [2.05, 4.69) is 13.1 Å². The first-order valence-electron chi connectivity index (χ1n) is 7.19. The highest BCUT2D eigenvalue weighted by atomic mass is 28.4. The van der Waals surface area contributed by atoms with Crippen LogP contribution in [0, 0.1) is 0 Å². The SMILES string of the molecule is CCO[Si](C)(C)OCc1ccc(Oc2ccccc2)cc1. The van der Waals surface area contributed by atoms with E-state index in [9.17, 15) is 0 Å². The van der Waals surface area contributed by atoms with Crippen molar-refractivity contribution in [1.82, 2.24) is 0 Å². The van der Waals surface area contributed by atoms with Crippen LogP contribution in [-0.4, -0.2) is 15.2 Å². The molecule has 0 radical (unpaired) electrons. The van der Waals surface area contributed by atoms with Crippen molar-refractivity contribution in [3.8, 4) is 11.5 Å². The molecule has 0 fully saturated rings. The third-order valence-electron chi connectivity index (χ3n) is 2.98. The van der Waals surface area contributed by atoms with Crippen molar-refractivity contribution in [2.75, 3.05) is 6.61 Å². The average Bonchev–Trinajstić information content (AvgIpc) is 2.48. The van der Waals surface area contributed by atoms with Crippen LogP contribution in [-0.2, 0) is 15.5 Å². The quantitative estimate of drug-likeness (QED) is 0.692. The summed E-state index contributed by atoms with van der Waals surface area (Å²) in [4.78, 5) is 0. The molecular formula is C17H22O3Si. The average molecular weight is 302 g/mol. The fourth-order valence-corrected chi connectivity index (χ4v) is 3.22. The molecule has 0 unspecified atom stereocenters. The number of rotatable bonds is 7. The lowest BCUT2D eigenvalue weighted by molar-refractivity contribution is 0.179. The van der Waals surface area contributed by atoms with Gasteiger partial charge in [-0.1, -0.05) is 30.3 Å². The van der Waals surface area contributed by atoms with Gasteiger partial charge in [0.1, 0.15) is 11.5 Å². The summed E-state index contributed by atoms with van der Waals surface area (Å²) in [6.07, 6.45) is 0. The Balaban J connectivity index is 1.90. The normalized spacial score (nSPS) is 11.4. The summed E-state index contributed by atoms with van der Waals surface area (Å²) in [6.45, 7) is 7.38. The maximum absolute atomic E-state index is 5.89. The van der Waals surface area contributed by atoms with E-state index in [0.29, 0.717) is 13.2 Å². The summed E-state index contributed by atoms with van der Waals surface area (Å²) >= 11 is 0. The van der Waals surface area contributed by atoms with E-state index in [0.717, 1.165) is 17.1 Å². The molecule has 0 aliphatic rings. The predicted molar refractivity (Wildman–Crippen MR) is 86.9 cm³/mol. The molecule has 2 aromatic carbocycles. The topological polar surface area (TPSA) is 27.7 Å². The summed E-state index contributed by atoms with van der Waals surface area (Å²) < 4.78 is 17.3. The van der Waals surface area contributed by atoms with Crippen molar-refractivity contribution in [3.63, 3.8) is 0 Å². The highest BCUT2D eigenvalue weighted by molar-refractivity contribution is 6.64. The fraction of sp³-hybridized carbons (Fsp3) is 0.294. The van der Waals surface area contributed by atoms with Crippen LogP contribution in [0.1, 0.15) is 12.5 Å². The molecule has 3 nitrogen and oxygen atoms in total. The molecule has 0 saturated heterocycles. The second-order valence-electron chi connectivity index (χ2n) is 5.18. The van der Waals surface area contributed by atoms with Crippen molar-refractivity contribution in [3.05, 3.63) is 60.2 Å². The van der Waals surface area contributed by atoms with E-state index in [4.69, 9.17) is 13.6 Å². The Morgan fingerprint density at radius 2 is 1.43 bits per heavy atom. The second-order valence-corrected chi connectivity index (χ2v) is 8.56. The molecule has 0 aliphatic carbocycles. The molecule has 4 heteroatoms. The van der Waals surface area contributed by atoms with Crippen LogP contribution in [0.25, 0.3) is 0 Å². The number of para-hydroxylation sites is 1. The van der Waals surface area contributed by atoms with Crippen molar-refractivity contribution in [1.29, 1.82) is 0 Å². The van der Waals surface area contributed by atoms with E-state index in [-0.39, 0.29) is 0 Å². The van der Waals surface area contributed by atoms with Gasteiger partial charge in [-0.25, -0.2) is 0 Å². The zero-order valence-corrected chi connectivity index (χ0v) is 13.8. The number of benzene rings is 2. The molecule has 0 N–H and O–H groups in total. The number of ether oxygens (including phenoxy) is 1. The van der Waals surface area contributed by atoms with E-state index >= 15 is 0 Å². The number of hydrogen-bond donors (Lipinski definition) is 0. The van der Waals surface area contributed by atoms with Gasteiger partial charge in [-0.2, -0.15) is 0 Å². The molecule has 0 saturated carbocycles. The second kappa shape index (κ2) is 7.40. The Labute approximate surface area is 127 Å². The van der Waals surface area contributed by atoms with Gasteiger partial charge in [0.25, 0.3) is 0 Å². The maximum Gasteiger partial charge on any atom is 0.331 e. The van der Waals surface area contributed by atoms with Gasteiger partial charge in [-0.05, 0) is 49.8 Å². The Bertz CT molecular complexity index is 538. The number of hydrogen-bond acceptors (Lipinski definition) is 3. The van der Waals surface area contributed by atoms with E-state index in [1.807, 2.05) is 61.5 Å². The minimum atomic E-state index is -1.99. The fourth-order valence-electron chi connectivity index (χ4n) is 1.92. The monoisotopic (exact) mass is 302 g/mol. The molecule has 2 aromatic rings. The van der Waals surface area contributed by atoms with Gasteiger partial charge in [0.2, 0.25) is 0 Å². The summed E-state index contributed by atoms with van der Waals surface area (Å²) in [6, 6.07) is 17.7. The molecular weight excluding hydrogens is 280 g/mol. The lowest BCUT2D eigenvalue weighted by Gasteiger charge is -2.22. The molecule has 0 spiro atoms. The van der Waals surface area contributed by atoms with E-state index < -0.39 is 8.56 Å². The molecule has 21 heavy (non-hydrogen) atoms. The largest absolute Gasteiger partial charge is 0.457 e. The van der Waals surface area contributed by atoms with Gasteiger partial charge >= 0.3 is 8.56 Å². The van der Waals surface area contributed by atoms with E-state index in [1.54, 1.807) is 0 Å². The standard InChI is InChI=1S/C17H22O3Si/c1-4-18-21(2,3)19-14-15-10-12-17(13-11-15)20-16-8-6-5-7-9-16/h5-13H,4,14H2,1-3H3. The van der Waals surface area contributed by atoms with Crippen LogP contribution >= 0.6 is 0 Å². The zero-order chi connectivity index (χ0) is 15.1. The van der Waals surface area contributed by atoms with Crippen LogP contribution in [0.3, 0.4) is 0 Å². The summed E-state index contributed by atoms with van der Waals surface area (Å²) in [5.41, 5.74) is 1.12. The predicted octanol–water partition coefficient (Wildman–Crippen LogP) is 4.73. The maximum atomic E-state index is 5.89. The minimum absolute atomic E-state index is 0.574. The van der Waals surface area contributed by atoms with Gasteiger partial charge in [-0.15, -0.1) is 0 Å². The first-order chi connectivity index (χ1) is 10.1. The molecule has 0 aromatic heterocycles. The lowest BCUT2D eigenvalue weighted by atomic mass is 10.2. The van der Waals surface area contributed by atoms with Crippen LogP contribution in [0.2, 0.25) is 13.1 Å². The van der Waals surface area contributed by atoms with Gasteiger partial charge in [0, 0.05) is 6.61 Å². The molecule has 0 atom stereocenters. The van der Waals surface area contributed by atoms with Crippen LogP contribution in [0.4, 0.5) is 0 Å². The van der Waals surface area contributed by atoms with Gasteiger partial charge in [0.05, 0.1) is 6.61 Å². The Kier molecular flexibility index (Phi) is 5.56. The molecule has 0 heterocycles. The molecule has 2 rings (SSSR count). The van der Waals surface area contributed by atoms with Crippen molar-refractivity contribution < 1.29 is 13.6 Å². The van der Waals surface area contributed by atoms with Gasteiger partial charge in [0.15, 0.2) is 0 Å². The van der Waals surface area contributed by atoms with Crippen LogP contribution in [0.15, 0.2) is 54.6 Å². The summed E-state index contributed by atoms with van der Waals surface area (Å²) in [5, 5.41) is 0. The zero-order valence-electron chi connectivity index (χ0n) is 12.8. The molecule has 0 amide bonds. The van der Waals surface area contributed by atoms with Gasteiger partial charge in [-0.3, -0.25) is 0 Å². The Morgan fingerprint density at radius 3 is 2.05 bits per heavy atom. The molecule has 112 valence electrons. The van der Waals surface area contributed by atoms with E-state index in [1.165, 1.54) is 0 Å². The summed E-state index contributed by atoms with van der Waals surface area (Å²) in [7, 11) is -1.99. The minimum Gasteiger partial charge on any atom is -0.457 e. The van der Waals surface area contributed by atoms with Crippen LogP contribution in [0.5, 0.6) is 11.5 Å². The first-order valence-corrected chi connectivity index (χ1v) is 10.0. The highest BCUT2D eigenvalue weighted by Crippen LogP contribution is 2.21. The smallest absolute Gasteiger partial charge is 0.331 e. The first kappa shape index (κ1) is 15.8. The highest BCUT2D eigenvalue weighted by Gasteiger charge is 2.23. The third kappa shape index (κ3) is 5.34. The Morgan fingerprint density at radius 1 is 0.810 bits per heavy atom. The molecule has 0 aliphatic heterocycles. The Hall–Kier alpha value is -1.62. The van der Waals surface area contributed by atoms with Crippen molar-refractivity contribution >= 4 is 8.56 Å². The van der Waals surface area contributed by atoms with Crippen molar-refractivity contribution in [2.24, 2.45) is 0 Å². The lowest BCUT2D eigenvalue weighted by Crippen LogP contribution is -2.34. The van der Waals surface area contributed by atoms with Gasteiger partial charge < -0.3 is 13.6 Å². The third-order valence-corrected chi connectivity index (χ3v) is 4.80. The van der Waals surface area contributed by atoms with Crippen LogP contribution < -0.4 is 4.74 Å². The molecule has 0 bridgehead atoms. The summed E-state index contributed by atoms with van der Waals surface area (Å²) in [5.74, 6) is 1.66. The van der Waals surface area contributed by atoms with Crippen molar-refractivity contribution in [2.45, 2.75) is 26.6 Å².